The molecule has 0 N–H and O–H groups in total. The van der Waals surface area contributed by atoms with Crippen LogP contribution in [-0.4, -0.2) is 22.5 Å². The van der Waals surface area contributed by atoms with Crippen LogP contribution in [0.15, 0.2) is 81.6 Å². The van der Waals surface area contributed by atoms with Crippen LogP contribution in [0.2, 0.25) is 10.0 Å². The smallest absolute Gasteiger partial charge is 0.267 e. The number of nitrogens with zero attached hydrogens (tertiary/aromatic N) is 2. The lowest BCUT2D eigenvalue weighted by Crippen LogP contribution is -2.29. The number of amidine groups is 1. The highest BCUT2D eigenvalue weighted by Gasteiger charge is 2.33. The van der Waals surface area contributed by atoms with Crippen molar-refractivity contribution in [3.05, 3.63) is 93.5 Å². The number of thioether (sulfide) groups is 1. The van der Waals surface area contributed by atoms with Crippen molar-refractivity contribution < 1.29 is 9.21 Å². The van der Waals surface area contributed by atoms with Gasteiger partial charge in [-0.05, 0) is 55.1 Å². The number of aliphatic imine (C=N–C) groups is 1. The molecule has 1 fully saturated rings. The molecule has 0 unspecified atom stereocenters. The van der Waals surface area contributed by atoms with Crippen molar-refractivity contribution in [3.8, 4) is 11.3 Å². The molecular formula is C24H18Cl2N2O2S. The highest BCUT2D eigenvalue weighted by Crippen LogP contribution is 2.37. The zero-order chi connectivity index (χ0) is 22.0. The lowest BCUT2D eigenvalue weighted by Gasteiger charge is -2.12. The van der Waals surface area contributed by atoms with Gasteiger partial charge in [0.15, 0.2) is 5.17 Å². The molecule has 0 radical (unpaired) electrons. The first kappa shape index (κ1) is 21.5. The highest BCUT2D eigenvalue weighted by atomic mass is 35.5. The van der Waals surface area contributed by atoms with E-state index in [9.17, 15) is 4.79 Å². The fraction of sp³-hybridized carbons (Fsp3) is 0.0833. The van der Waals surface area contributed by atoms with Crippen LogP contribution >= 0.6 is 35.0 Å². The molecule has 3 aromatic rings. The summed E-state index contributed by atoms with van der Waals surface area (Å²) < 4.78 is 5.91. The summed E-state index contributed by atoms with van der Waals surface area (Å²) in [5.41, 5.74) is 2.63. The minimum absolute atomic E-state index is 0.144. The summed E-state index contributed by atoms with van der Waals surface area (Å²) in [5, 5.41) is 1.48. The average molecular weight is 469 g/mol. The molecule has 0 spiro atoms. The first-order valence-corrected chi connectivity index (χ1v) is 11.1. The molecule has 2 heterocycles. The fourth-order valence-electron chi connectivity index (χ4n) is 3.01. The summed E-state index contributed by atoms with van der Waals surface area (Å²) in [4.78, 5) is 19.7. The molecule has 1 aromatic heterocycles. The van der Waals surface area contributed by atoms with Crippen molar-refractivity contribution in [3.63, 3.8) is 0 Å². The Morgan fingerprint density at radius 1 is 1.13 bits per heavy atom. The number of hydrogen-bond acceptors (Lipinski definition) is 4. The van der Waals surface area contributed by atoms with Gasteiger partial charge < -0.3 is 4.42 Å². The summed E-state index contributed by atoms with van der Waals surface area (Å²) in [6, 6.07) is 16.8. The number of furan rings is 1. The molecule has 7 heteroatoms. The van der Waals surface area contributed by atoms with Gasteiger partial charge in [-0.15, -0.1) is 6.58 Å². The maximum absolute atomic E-state index is 13.0. The van der Waals surface area contributed by atoms with E-state index in [1.54, 1.807) is 35.3 Å². The summed E-state index contributed by atoms with van der Waals surface area (Å²) >= 11 is 13.7. The molecule has 1 aliphatic rings. The average Bonchev–Trinajstić information content (AvgIpc) is 3.32. The molecule has 4 rings (SSSR count). The fourth-order valence-corrected chi connectivity index (χ4v) is 4.39. The first-order chi connectivity index (χ1) is 15.0. The van der Waals surface area contributed by atoms with Crippen LogP contribution < -0.4 is 0 Å². The van der Waals surface area contributed by atoms with Crippen LogP contribution in [0.3, 0.4) is 0 Å². The van der Waals surface area contributed by atoms with Crippen molar-refractivity contribution >= 4 is 57.8 Å². The van der Waals surface area contributed by atoms with E-state index in [1.807, 2.05) is 43.3 Å². The van der Waals surface area contributed by atoms with Gasteiger partial charge in [-0.1, -0.05) is 53.0 Å². The normalized spacial score (nSPS) is 16.5. The zero-order valence-electron chi connectivity index (χ0n) is 16.6. The van der Waals surface area contributed by atoms with E-state index in [0.29, 0.717) is 43.7 Å². The topological polar surface area (TPSA) is 45.8 Å². The van der Waals surface area contributed by atoms with Gasteiger partial charge in [0.2, 0.25) is 0 Å². The summed E-state index contributed by atoms with van der Waals surface area (Å²) in [6.07, 6.45) is 3.39. The number of hydrogen-bond donors (Lipinski definition) is 0. The van der Waals surface area contributed by atoms with E-state index in [2.05, 4.69) is 11.6 Å². The lowest BCUT2D eigenvalue weighted by atomic mass is 10.2. The molecule has 4 nitrogen and oxygen atoms in total. The molecule has 0 atom stereocenters. The van der Waals surface area contributed by atoms with Gasteiger partial charge in [0, 0.05) is 18.2 Å². The molecule has 0 bridgehead atoms. The van der Waals surface area contributed by atoms with Gasteiger partial charge in [0.25, 0.3) is 5.91 Å². The predicted molar refractivity (Wildman–Crippen MR) is 130 cm³/mol. The van der Waals surface area contributed by atoms with E-state index < -0.39 is 0 Å². The number of benzene rings is 2. The maximum atomic E-state index is 13.0. The molecule has 31 heavy (non-hydrogen) atoms. The Hall–Kier alpha value is -2.73. The van der Waals surface area contributed by atoms with Crippen molar-refractivity contribution in [1.29, 1.82) is 0 Å². The van der Waals surface area contributed by atoms with Crippen LogP contribution in [0.25, 0.3) is 17.4 Å². The van der Waals surface area contributed by atoms with Gasteiger partial charge in [-0.25, -0.2) is 4.99 Å². The Balaban J connectivity index is 1.64. The molecule has 2 aromatic carbocycles. The molecular weight excluding hydrogens is 451 g/mol. The summed E-state index contributed by atoms with van der Waals surface area (Å²) in [7, 11) is 0. The van der Waals surface area contributed by atoms with Crippen molar-refractivity contribution in [1.82, 2.24) is 4.90 Å². The number of carbonyl (C=O) groups excluding carboxylic acids is 1. The van der Waals surface area contributed by atoms with Crippen LogP contribution in [0, 0.1) is 6.92 Å². The molecule has 156 valence electrons. The third-order valence-electron chi connectivity index (χ3n) is 4.58. The number of carbonyl (C=O) groups is 1. The molecule has 1 saturated heterocycles. The SMILES string of the molecule is C=CCN1C(=O)/C(=C/c2ccc(-c3cccc(Cl)c3Cl)o2)SC1=Nc1ccc(C)cc1. The van der Waals surface area contributed by atoms with E-state index in [0.717, 1.165) is 11.3 Å². The summed E-state index contributed by atoms with van der Waals surface area (Å²) in [6.45, 7) is 6.14. The molecule has 0 saturated carbocycles. The van der Waals surface area contributed by atoms with E-state index >= 15 is 0 Å². The number of rotatable bonds is 5. The number of aryl methyl sites for hydroxylation is 1. The Kier molecular flexibility index (Phi) is 6.37. The Bertz CT molecular complexity index is 1210. The number of amides is 1. The second-order valence-electron chi connectivity index (χ2n) is 6.85. The highest BCUT2D eigenvalue weighted by molar-refractivity contribution is 8.18. The van der Waals surface area contributed by atoms with Crippen LogP contribution in [0.4, 0.5) is 5.69 Å². The van der Waals surface area contributed by atoms with E-state index in [-0.39, 0.29) is 5.91 Å². The third-order valence-corrected chi connectivity index (χ3v) is 6.40. The van der Waals surface area contributed by atoms with Crippen molar-refractivity contribution in [2.75, 3.05) is 6.54 Å². The van der Waals surface area contributed by atoms with Gasteiger partial charge >= 0.3 is 0 Å². The monoisotopic (exact) mass is 468 g/mol. The van der Waals surface area contributed by atoms with Gasteiger partial charge in [-0.3, -0.25) is 9.69 Å². The quantitative estimate of drug-likeness (QED) is 0.290. The van der Waals surface area contributed by atoms with E-state index in [4.69, 9.17) is 27.6 Å². The lowest BCUT2D eigenvalue weighted by molar-refractivity contribution is -0.121. The second-order valence-corrected chi connectivity index (χ2v) is 8.64. The number of halogens is 2. The van der Waals surface area contributed by atoms with Crippen LogP contribution in [0.5, 0.6) is 0 Å². The molecule has 0 aliphatic carbocycles. The van der Waals surface area contributed by atoms with E-state index in [1.165, 1.54) is 11.8 Å². The van der Waals surface area contributed by atoms with Gasteiger partial charge in [0.05, 0.1) is 20.6 Å². The minimum Gasteiger partial charge on any atom is -0.457 e. The Morgan fingerprint density at radius 3 is 2.65 bits per heavy atom. The minimum atomic E-state index is -0.144. The second kappa shape index (κ2) is 9.18. The molecule has 1 aliphatic heterocycles. The Morgan fingerprint density at radius 2 is 1.90 bits per heavy atom. The first-order valence-electron chi connectivity index (χ1n) is 9.48. The van der Waals surface area contributed by atoms with Gasteiger partial charge in [-0.2, -0.15) is 0 Å². The van der Waals surface area contributed by atoms with Gasteiger partial charge in [0.1, 0.15) is 11.5 Å². The largest absolute Gasteiger partial charge is 0.457 e. The Labute approximate surface area is 194 Å². The van der Waals surface area contributed by atoms with Crippen molar-refractivity contribution in [2.24, 2.45) is 4.99 Å². The molecule has 1 amide bonds. The standard InChI is InChI=1S/C24H18Cl2N2O2S/c1-3-13-28-23(29)21(31-24(28)27-16-9-7-15(2)8-10-16)14-17-11-12-20(30-17)18-5-4-6-19(25)22(18)26/h3-12,14H,1,13H2,2H3/b21-14-,27-24?. The zero-order valence-corrected chi connectivity index (χ0v) is 19.0. The maximum Gasteiger partial charge on any atom is 0.267 e. The van der Waals surface area contributed by atoms with Crippen molar-refractivity contribution in [2.45, 2.75) is 6.92 Å². The predicted octanol–water partition coefficient (Wildman–Crippen LogP) is 7.35. The summed E-state index contributed by atoms with van der Waals surface area (Å²) in [5.74, 6) is 0.970. The van der Waals surface area contributed by atoms with Crippen LogP contribution in [0.1, 0.15) is 11.3 Å². The van der Waals surface area contributed by atoms with Crippen LogP contribution in [-0.2, 0) is 4.79 Å². The third kappa shape index (κ3) is 4.64.